The van der Waals surface area contributed by atoms with Crippen LogP contribution in [0.5, 0.6) is 0 Å². The highest BCUT2D eigenvalue weighted by molar-refractivity contribution is 5.91. The molecule has 2 aromatic rings. The van der Waals surface area contributed by atoms with Crippen LogP contribution in [0.25, 0.3) is 10.9 Å². The molecular weight excluding hydrogens is 450 g/mol. The molecule has 1 saturated carbocycles. The second-order valence-electron chi connectivity index (χ2n) is 11.7. The van der Waals surface area contributed by atoms with E-state index in [-0.39, 0.29) is 11.9 Å². The van der Waals surface area contributed by atoms with E-state index in [1.165, 1.54) is 32.8 Å². The molecular formula is C29H45N5O2. The van der Waals surface area contributed by atoms with Crippen LogP contribution in [0, 0.1) is 17.3 Å². The van der Waals surface area contributed by atoms with E-state index in [9.17, 15) is 4.79 Å². The molecule has 0 radical (unpaired) electrons. The van der Waals surface area contributed by atoms with Crippen molar-refractivity contribution in [2.24, 2.45) is 17.3 Å². The second kappa shape index (κ2) is 11.4. The van der Waals surface area contributed by atoms with Gasteiger partial charge < -0.3 is 10.1 Å². The van der Waals surface area contributed by atoms with Gasteiger partial charge in [0.1, 0.15) is 17.7 Å². The average molecular weight is 496 g/mol. The Balaban J connectivity index is 1.42. The monoisotopic (exact) mass is 495 g/mol. The summed E-state index contributed by atoms with van der Waals surface area (Å²) in [5, 5.41) is 4.29. The predicted molar refractivity (Wildman–Crippen MR) is 146 cm³/mol. The number of methoxy groups -OCH3 is 1. The van der Waals surface area contributed by atoms with Gasteiger partial charge in [-0.25, -0.2) is 14.8 Å². The quantitative estimate of drug-likeness (QED) is 0.493. The number of rotatable bonds is 9. The van der Waals surface area contributed by atoms with E-state index in [1.807, 2.05) is 38.1 Å². The van der Waals surface area contributed by atoms with E-state index in [0.717, 1.165) is 54.9 Å². The molecule has 1 saturated heterocycles. The third kappa shape index (κ3) is 6.00. The van der Waals surface area contributed by atoms with Crippen LogP contribution in [-0.4, -0.2) is 71.1 Å². The lowest BCUT2D eigenvalue weighted by atomic mass is 9.76. The smallest absolute Gasteiger partial charge is 0.328 e. The number of anilines is 1. The van der Waals surface area contributed by atoms with Crippen molar-refractivity contribution in [1.82, 2.24) is 19.8 Å². The molecule has 0 amide bonds. The van der Waals surface area contributed by atoms with Crippen LogP contribution in [0.2, 0.25) is 0 Å². The summed E-state index contributed by atoms with van der Waals surface area (Å²) in [7, 11) is 1.43. The fourth-order valence-electron chi connectivity index (χ4n) is 5.85. The largest absolute Gasteiger partial charge is 0.467 e. The van der Waals surface area contributed by atoms with Gasteiger partial charge in [-0.1, -0.05) is 53.2 Å². The van der Waals surface area contributed by atoms with Gasteiger partial charge in [0.15, 0.2) is 0 Å². The van der Waals surface area contributed by atoms with Crippen molar-refractivity contribution < 1.29 is 9.53 Å². The highest BCUT2D eigenvalue weighted by Gasteiger charge is 2.37. The van der Waals surface area contributed by atoms with Crippen molar-refractivity contribution in [3.8, 4) is 0 Å². The predicted octanol–water partition coefficient (Wildman–Crippen LogP) is 4.96. The van der Waals surface area contributed by atoms with Crippen LogP contribution in [-0.2, 0) is 16.1 Å². The number of aromatic nitrogens is 2. The molecule has 2 heterocycles. The summed E-state index contributed by atoms with van der Waals surface area (Å²) in [5.74, 6) is 2.14. The number of nitrogens with zero attached hydrogens (tertiary/aromatic N) is 4. The van der Waals surface area contributed by atoms with Crippen LogP contribution in [0.1, 0.15) is 66.1 Å². The number of hydrogen-bond acceptors (Lipinski definition) is 7. The first kappa shape index (κ1) is 26.8. The van der Waals surface area contributed by atoms with Crippen molar-refractivity contribution in [3.05, 3.63) is 30.1 Å². The third-order valence-corrected chi connectivity index (χ3v) is 8.77. The summed E-state index contributed by atoms with van der Waals surface area (Å²) in [6.07, 6.45) is 5.32. The van der Waals surface area contributed by atoms with Gasteiger partial charge in [-0.2, -0.15) is 0 Å². The molecule has 0 bridgehead atoms. The Bertz CT molecular complexity index is 1030. The summed E-state index contributed by atoms with van der Waals surface area (Å²) in [6, 6.07) is 8.27. The number of piperazine rings is 1. The highest BCUT2D eigenvalue weighted by atomic mass is 16.5. The van der Waals surface area contributed by atoms with Gasteiger partial charge in [0.25, 0.3) is 0 Å². The Labute approximate surface area is 217 Å². The third-order valence-electron chi connectivity index (χ3n) is 8.77. The van der Waals surface area contributed by atoms with Crippen molar-refractivity contribution in [2.45, 2.75) is 78.9 Å². The zero-order valence-electron chi connectivity index (χ0n) is 23.1. The lowest BCUT2D eigenvalue weighted by molar-refractivity contribution is -0.142. The Morgan fingerprint density at radius 1 is 1.14 bits per heavy atom. The number of hydrogen-bond donors (Lipinski definition) is 1. The Hall–Kier alpha value is -2.25. The van der Waals surface area contributed by atoms with Gasteiger partial charge in [-0.15, -0.1) is 0 Å². The van der Waals surface area contributed by atoms with Crippen LogP contribution >= 0.6 is 0 Å². The lowest BCUT2D eigenvalue weighted by Gasteiger charge is -2.38. The van der Waals surface area contributed by atoms with Gasteiger partial charge in [-0.3, -0.25) is 9.80 Å². The molecule has 0 spiro atoms. The number of fused-ring (bicyclic) bond motifs is 1. The molecule has 36 heavy (non-hydrogen) atoms. The number of benzene rings is 1. The molecule has 1 aliphatic carbocycles. The van der Waals surface area contributed by atoms with Gasteiger partial charge in [0.2, 0.25) is 0 Å². The Morgan fingerprint density at radius 3 is 2.53 bits per heavy atom. The molecule has 4 rings (SSSR count). The summed E-state index contributed by atoms with van der Waals surface area (Å²) in [4.78, 5) is 27.3. The maximum atomic E-state index is 12.4. The standard InChI is InChI=1S/C29H45N5O2/c1-7-29(4,5)21-12-13-22(18-21)34-16-14-33(15-17-34)19-25-30-24-11-9-8-10-23(24)27(31-25)32-26(20(2)3)28(35)36-6/h8-11,20-22,26H,7,12-19H2,1-6H3,(H,30,31,32)/t21?,22?,26-/m0/s1. The number of ether oxygens (including phenoxy) is 1. The summed E-state index contributed by atoms with van der Waals surface area (Å²) in [6.45, 7) is 16.2. The highest BCUT2D eigenvalue weighted by Crippen LogP contribution is 2.43. The SMILES string of the molecule is CCC(C)(C)C1CCC(N2CCN(Cc3nc(N[C@H](C(=O)OC)C(C)C)c4ccccc4n3)CC2)C1. The minimum absolute atomic E-state index is 0.0702. The molecule has 2 unspecified atom stereocenters. The summed E-state index contributed by atoms with van der Waals surface area (Å²) >= 11 is 0. The number of carbonyl (C=O) groups excluding carboxylic acids is 1. The van der Waals surface area contributed by atoms with E-state index >= 15 is 0 Å². The maximum Gasteiger partial charge on any atom is 0.328 e. The topological polar surface area (TPSA) is 70.6 Å². The fourth-order valence-corrected chi connectivity index (χ4v) is 5.85. The van der Waals surface area contributed by atoms with Crippen LogP contribution < -0.4 is 5.32 Å². The number of para-hydroxylation sites is 1. The normalized spacial score (nSPS) is 22.8. The van der Waals surface area contributed by atoms with Crippen LogP contribution in [0.4, 0.5) is 5.82 Å². The molecule has 1 N–H and O–H groups in total. The van der Waals surface area contributed by atoms with E-state index in [4.69, 9.17) is 14.7 Å². The zero-order valence-corrected chi connectivity index (χ0v) is 23.1. The van der Waals surface area contributed by atoms with Crippen molar-refractivity contribution in [2.75, 3.05) is 38.6 Å². The van der Waals surface area contributed by atoms with Gasteiger partial charge in [0, 0.05) is 37.6 Å². The van der Waals surface area contributed by atoms with E-state index in [0.29, 0.717) is 17.8 Å². The first-order valence-electron chi connectivity index (χ1n) is 13.8. The first-order chi connectivity index (χ1) is 17.2. The van der Waals surface area contributed by atoms with Crippen molar-refractivity contribution in [1.29, 1.82) is 0 Å². The van der Waals surface area contributed by atoms with E-state index in [1.54, 1.807) is 0 Å². The molecule has 7 heteroatoms. The minimum Gasteiger partial charge on any atom is -0.467 e. The minimum atomic E-state index is -0.461. The molecule has 3 atom stereocenters. The van der Waals surface area contributed by atoms with Crippen molar-refractivity contribution in [3.63, 3.8) is 0 Å². The molecule has 2 aliphatic rings. The lowest BCUT2D eigenvalue weighted by Crippen LogP contribution is -2.49. The van der Waals surface area contributed by atoms with Gasteiger partial charge in [0.05, 0.1) is 19.2 Å². The molecule has 1 aromatic heterocycles. The zero-order chi connectivity index (χ0) is 25.9. The van der Waals surface area contributed by atoms with Crippen LogP contribution in [0.3, 0.4) is 0 Å². The first-order valence-corrected chi connectivity index (χ1v) is 13.8. The Kier molecular flexibility index (Phi) is 8.51. The maximum absolute atomic E-state index is 12.4. The number of esters is 1. The summed E-state index contributed by atoms with van der Waals surface area (Å²) < 4.78 is 5.04. The molecule has 1 aliphatic heterocycles. The molecule has 1 aromatic carbocycles. The second-order valence-corrected chi connectivity index (χ2v) is 11.7. The van der Waals surface area contributed by atoms with Crippen molar-refractivity contribution >= 4 is 22.7 Å². The number of nitrogens with one attached hydrogen (secondary N) is 1. The molecule has 7 nitrogen and oxygen atoms in total. The summed E-state index contributed by atoms with van der Waals surface area (Å²) in [5.41, 5.74) is 1.35. The fraction of sp³-hybridized carbons (Fsp3) is 0.690. The number of carbonyl (C=O) groups is 1. The Morgan fingerprint density at radius 2 is 1.86 bits per heavy atom. The van der Waals surface area contributed by atoms with Gasteiger partial charge in [-0.05, 0) is 48.6 Å². The molecule has 2 fully saturated rings. The van der Waals surface area contributed by atoms with E-state index in [2.05, 4.69) is 35.9 Å². The van der Waals surface area contributed by atoms with E-state index < -0.39 is 6.04 Å². The van der Waals surface area contributed by atoms with Crippen LogP contribution in [0.15, 0.2) is 24.3 Å². The average Bonchev–Trinajstić information content (AvgIpc) is 3.38. The van der Waals surface area contributed by atoms with Gasteiger partial charge >= 0.3 is 5.97 Å². The molecule has 198 valence electrons.